The van der Waals surface area contributed by atoms with E-state index < -0.39 is 0 Å². The number of fused-ring (bicyclic) bond motifs is 2. The highest BCUT2D eigenvalue weighted by Crippen LogP contribution is 2.23. The van der Waals surface area contributed by atoms with Gasteiger partial charge in [0.2, 0.25) is 5.91 Å². The molecule has 0 radical (unpaired) electrons. The van der Waals surface area contributed by atoms with E-state index in [1.54, 1.807) is 23.3 Å². The van der Waals surface area contributed by atoms with E-state index in [1.165, 1.54) is 0 Å². The van der Waals surface area contributed by atoms with Crippen LogP contribution >= 0.6 is 15.9 Å². The van der Waals surface area contributed by atoms with Gasteiger partial charge in [0, 0.05) is 53.7 Å². The lowest BCUT2D eigenvalue weighted by Gasteiger charge is -2.28. The van der Waals surface area contributed by atoms with Crippen molar-refractivity contribution in [3.63, 3.8) is 0 Å². The number of amides is 1. The SMILES string of the molecule is O=C(Cn1cccn1)N1CCc2nc3ncc(Br)cc3cc2C1. The van der Waals surface area contributed by atoms with Gasteiger partial charge in [0.25, 0.3) is 0 Å². The van der Waals surface area contributed by atoms with Crippen molar-refractivity contribution in [2.75, 3.05) is 6.54 Å². The molecule has 116 valence electrons. The molecule has 0 unspecified atom stereocenters. The quantitative estimate of drug-likeness (QED) is 0.692. The van der Waals surface area contributed by atoms with Crippen LogP contribution in [0.5, 0.6) is 0 Å². The number of halogens is 1. The molecular weight excluding hydrogens is 358 g/mol. The molecule has 4 heterocycles. The topological polar surface area (TPSA) is 63.9 Å². The molecule has 3 aromatic rings. The summed E-state index contributed by atoms with van der Waals surface area (Å²) in [6.45, 7) is 1.55. The van der Waals surface area contributed by atoms with Crippen LogP contribution in [-0.4, -0.2) is 37.1 Å². The molecule has 1 amide bonds. The van der Waals surface area contributed by atoms with E-state index in [0.717, 1.165) is 33.2 Å². The Bertz CT molecular complexity index is 878. The minimum absolute atomic E-state index is 0.0758. The Hall–Kier alpha value is -2.28. The molecule has 6 nitrogen and oxygen atoms in total. The molecule has 0 aliphatic carbocycles. The zero-order chi connectivity index (χ0) is 15.8. The highest BCUT2D eigenvalue weighted by molar-refractivity contribution is 9.10. The minimum Gasteiger partial charge on any atom is -0.336 e. The molecule has 4 rings (SSSR count). The first-order valence-corrected chi connectivity index (χ1v) is 8.17. The standard InChI is InChI=1S/C16H14BrN5O/c17-13-7-11-6-12-9-21(15(23)10-22-4-1-3-19-22)5-2-14(12)20-16(11)18-8-13/h1,3-4,6-8H,2,5,9-10H2. The Balaban J connectivity index is 1.59. The van der Waals surface area contributed by atoms with Gasteiger partial charge in [-0.1, -0.05) is 0 Å². The second kappa shape index (κ2) is 5.73. The minimum atomic E-state index is 0.0758. The Morgan fingerprint density at radius 1 is 1.35 bits per heavy atom. The predicted molar refractivity (Wildman–Crippen MR) is 88.6 cm³/mol. The van der Waals surface area contributed by atoms with E-state index in [0.29, 0.717) is 13.1 Å². The smallest absolute Gasteiger partial charge is 0.244 e. The van der Waals surface area contributed by atoms with E-state index in [1.807, 2.05) is 17.0 Å². The largest absolute Gasteiger partial charge is 0.336 e. The molecule has 0 aromatic carbocycles. The number of rotatable bonds is 2. The van der Waals surface area contributed by atoms with E-state index in [-0.39, 0.29) is 12.5 Å². The monoisotopic (exact) mass is 371 g/mol. The van der Waals surface area contributed by atoms with Gasteiger partial charge in [-0.3, -0.25) is 9.48 Å². The number of pyridine rings is 2. The molecule has 0 saturated heterocycles. The molecule has 0 atom stereocenters. The molecular formula is C16H14BrN5O. The van der Waals surface area contributed by atoms with E-state index in [9.17, 15) is 4.79 Å². The van der Waals surface area contributed by atoms with Crippen molar-refractivity contribution < 1.29 is 4.79 Å². The molecule has 0 spiro atoms. The summed E-state index contributed by atoms with van der Waals surface area (Å²) in [5.74, 6) is 0.0758. The zero-order valence-electron chi connectivity index (χ0n) is 12.3. The van der Waals surface area contributed by atoms with Crippen LogP contribution in [0.4, 0.5) is 0 Å². The number of nitrogens with zero attached hydrogens (tertiary/aromatic N) is 5. The summed E-state index contributed by atoms with van der Waals surface area (Å²) in [4.78, 5) is 23.3. The third kappa shape index (κ3) is 2.84. The van der Waals surface area contributed by atoms with Gasteiger partial charge in [-0.25, -0.2) is 9.97 Å². The van der Waals surface area contributed by atoms with Gasteiger partial charge < -0.3 is 4.90 Å². The first-order chi connectivity index (χ1) is 11.2. The van der Waals surface area contributed by atoms with Gasteiger partial charge in [-0.2, -0.15) is 5.10 Å². The first-order valence-electron chi connectivity index (χ1n) is 7.38. The summed E-state index contributed by atoms with van der Waals surface area (Å²) in [7, 11) is 0. The van der Waals surface area contributed by atoms with Gasteiger partial charge >= 0.3 is 0 Å². The lowest BCUT2D eigenvalue weighted by Crippen LogP contribution is -2.38. The van der Waals surface area contributed by atoms with Crippen molar-refractivity contribution in [3.8, 4) is 0 Å². The van der Waals surface area contributed by atoms with Crippen molar-refractivity contribution in [2.24, 2.45) is 0 Å². The van der Waals surface area contributed by atoms with Gasteiger partial charge in [-0.05, 0) is 39.7 Å². The Labute approximate surface area is 141 Å². The summed E-state index contributed by atoms with van der Waals surface area (Å²) in [6, 6.07) is 5.91. The maximum atomic E-state index is 12.4. The summed E-state index contributed by atoms with van der Waals surface area (Å²) in [6.07, 6.45) is 5.99. The normalized spacial score (nSPS) is 14.0. The lowest BCUT2D eigenvalue weighted by molar-refractivity contribution is -0.133. The van der Waals surface area contributed by atoms with Crippen molar-refractivity contribution in [1.29, 1.82) is 0 Å². The molecule has 23 heavy (non-hydrogen) atoms. The third-order valence-electron chi connectivity index (χ3n) is 3.99. The predicted octanol–water partition coefficient (Wildman–Crippen LogP) is 2.17. The van der Waals surface area contributed by atoms with Crippen LogP contribution in [0.15, 0.2) is 41.3 Å². The van der Waals surface area contributed by atoms with Crippen LogP contribution in [0.2, 0.25) is 0 Å². The van der Waals surface area contributed by atoms with E-state index in [2.05, 4.69) is 37.1 Å². The average molecular weight is 372 g/mol. The van der Waals surface area contributed by atoms with Crippen molar-refractivity contribution in [2.45, 2.75) is 19.5 Å². The van der Waals surface area contributed by atoms with Gasteiger partial charge in [0.15, 0.2) is 5.65 Å². The van der Waals surface area contributed by atoms with Crippen LogP contribution in [0.1, 0.15) is 11.3 Å². The van der Waals surface area contributed by atoms with Crippen molar-refractivity contribution in [1.82, 2.24) is 24.6 Å². The number of carbonyl (C=O) groups is 1. The van der Waals surface area contributed by atoms with E-state index >= 15 is 0 Å². The van der Waals surface area contributed by atoms with E-state index in [4.69, 9.17) is 0 Å². The van der Waals surface area contributed by atoms with Crippen LogP contribution < -0.4 is 0 Å². The Morgan fingerprint density at radius 3 is 3.09 bits per heavy atom. The Kier molecular flexibility index (Phi) is 3.57. The fourth-order valence-electron chi connectivity index (χ4n) is 2.84. The molecule has 0 fully saturated rings. The summed E-state index contributed by atoms with van der Waals surface area (Å²) in [5.41, 5.74) is 2.89. The highest BCUT2D eigenvalue weighted by atomic mass is 79.9. The zero-order valence-corrected chi connectivity index (χ0v) is 13.9. The van der Waals surface area contributed by atoms with Crippen LogP contribution in [0.3, 0.4) is 0 Å². The molecule has 1 aliphatic heterocycles. The second-order valence-electron chi connectivity index (χ2n) is 5.56. The molecule has 3 aromatic heterocycles. The van der Waals surface area contributed by atoms with Gasteiger partial charge in [0.05, 0.1) is 0 Å². The third-order valence-corrected chi connectivity index (χ3v) is 4.43. The van der Waals surface area contributed by atoms with Crippen molar-refractivity contribution >= 4 is 32.9 Å². The van der Waals surface area contributed by atoms with Crippen LogP contribution in [0, 0.1) is 0 Å². The summed E-state index contributed by atoms with van der Waals surface area (Å²) < 4.78 is 2.58. The number of aromatic nitrogens is 4. The maximum Gasteiger partial charge on any atom is 0.244 e. The maximum absolute atomic E-state index is 12.4. The average Bonchev–Trinajstić information content (AvgIpc) is 3.05. The molecule has 0 N–H and O–H groups in total. The fourth-order valence-corrected chi connectivity index (χ4v) is 3.19. The summed E-state index contributed by atoms with van der Waals surface area (Å²) >= 11 is 3.43. The van der Waals surface area contributed by atoms with Crippen molar-refractivity contribution in [3.05, 3.63) is 52.5 Å². The molecule has 1 aliphatic rings. The number of hydrogen-bond donors (Lipinski definition) is 0. The second-order valence-corrected chi connectivity index (χ2v) is 6.48. The molecule has 7 heteroatoms. The number of hydrogen-bond acceptors (Lipinski definition) is 4. The lowest BCUT2D eigenvalue weighted by atomic mass is 10.0. The first kappa shape index (κ1) is 14.3. The Morgan fingerprint density at radius 2 is 2.26 bits per heavy atom. The van der Waals surface area contributed by atoms with Gasteiger partial charge in [-0.15, -0.1) is 0 Å². The van der Waals surface area contributed by atoms with Crippen LogP contribution in [0.25, 0.3) is 11.0 Å². The molecule has 0 bridgehead atoms. The summed E-state index contributed by atoms with van der Waals surface area (Å²) in [5, 5.41) is 5.07. The highest BCUT2D eigenvalue weighted by Gasteiger charge is 2.22. The fraction of sp³-hybridized carbons (Fsp3) is 0.250. The number of carbonyl (C=O) groups excluding carboxylic acids is 1. The van der Waals surface area contributed by atoms with Gasteiger partial charge in [0.1, 0.15) is 6.54 Å². The van der Waals surface area contributed by atoms with Crippen LogP contribution in [-0.2, 0) is 24.3 Å². The molecule has 0 saturated carbocycles.